The molecular formula is C27H25ClN4O3S. The predicted octanol–water partition coefficient (Wildman–Crippen LogP) is 5.29. The lowest BCUT2D eigenvalue weighted by atomic mass is 9.83. The van der Waals surface area contributed by atoms with E-state index in [0.717, 1.165) is 43.4 Å². The van der Waals surface area contributed by atoms with E-state index in [1.165, 1.54) is 11.8 Å². The van der Waals surface area contributed by atoms with Gasteiger partial charge in [0.25, 0.3) is 0 Å². The lowest BCUT2D eigenvalue weighted by Gasteiger charge is -2.28. The number of nitriles is 2. The number of nitrogens with zero attached hydrogens (tertiary/aromatic N) is 3. The summed E-state index contributed by atoms with van der Waals surface area (Å²) in [5.41, 5.74) is 9.77. The van der Waals surface area contributed by atoms with Crippen molar-refractivity contribution in [3.63, 3.8) is 0 Å². The Labute approximate surface area is 219 Å². The number of nitrogens with two attached hydrogens (primary N) is 1. The maximum Gasteiger partial charge on any atom is 0.338 e. The number of hydrogen-bond donors (Lipinski definition) is 1. The molecule has 184 valence electrons. The topological polar surface area (TPSA) is 122 Å². The smallest absolute Gasteiger partial charge is 0.338 e. The summed E-state index contributed by atoms with van der Waals surface area (Å²) in [6.45, 7) is 1.87. The van der Waals surface area contributed by atoms with Crippen molar-refractivity contribution in [3.05, 3.63) is 80.5 Å². The van der Waals surface area contributed by atoms with Gasteiger partial charge in [0.15, 0.2) is 0 Å². The number of esters is 1. The quantitative estimate of drug-likeness (QED) is 0.309. The van der Waals surface area contributed by atoms with Gasteiger partial charge in [0.2, 0.25) is 5.88 Å². The molecule has 1 aromatic carbocycles. The first-order valence-corrected chi connectivity index (χ1v) is 13.1. The fourth-order valence-electron chi connectivity index (χ4n) is 4.46. The number of hydrogen-bond acceptors (Lipinski definition) is 8. The van der Waals surface area contributed by atoms with E-state index in [1.54, 1.807) is 31.2 Å². The molecule has 0 saturated heterocycles. The Kier molecular flexibility index (Phi) is 8.20. The van der Waals surface area contributed by atoms with Crippen LogP contribution in [0.2, 0.25) is 5.02 Å². The Morgan fingerprint density at radius 2 is 1.97 bits per heavy atom. The molecule has 0 radical (unpaired) electrons. The monoisotopic (exact) mass is 520 g/mol. The number of aryl methyl sites for hydroxylation is 2. The molecule has 1 aliphatic heterocycles. The van der Waals surface area contributed by atoms with Crippen molar-refractivity contribution in [2.24, 2.45) is 5.73 Å². The van der Waals surface area contributed by atoms with Gasteiger partial charge in [0.05, 0.1) is 29.4 Å². The molecule has 1 aliphatic carbocycles. The highest BCUT2D eigenvalue weighted by Crippen LogP contribution is 2.41. The Bertz CT molecular complexity index is 1320. The van der Waals surface area contributed by atoms with Gasteiger partial charge in [-0.2, -0.15) is 10.5 Å². The number of rotatable bonds is 6. The zero-order valence-corrected chi connectivity index (χ0v) is 21.4. The number of carbonyl (C=O) groups excluding carboxylic acids is 1. The van der Waals surface area contributed by atoms with Crippen LogP contribution in [-0.4, -0.2) is 23.3 Å². The van der Waals surface area contributed by atoms with E-state index in [0.29, 0.717) is 21.2 Å². The van der Waals surface area contributed by atoms with Crippen molar-refractivity contribution in [2.45, 2.75) is 50.0 Å². The highest BCUT2D eigenvalue weighted by Gasteiger charge is 2.37. The van der Waals surface area contributed by atoms with Crippen LogP contribution in [0.1, 0.15) is 54.5 Å². The molecule has 2 heterocycles. The van der Waals surface area contributed by atoms with Crippen molar-refractivity contribution in [1.29, 1.82) is 10.5 Å². The average Bonchev–Trinajstić information content (AvgIpc) is 3.11. The van der Waals surface area contributed by atoms with Crippen molar-refractivity contribution in [3.8, 4) is 12.1 Å². The minimum Gasteiger partial charge on any atom is -0.463 e. The van der Waals surface area contributed by atoms with E-state index in [-0.39, 0.29) is 35.1 Å². The summed E-state index contributed by atoms with van der Waals surface area (Å²) < 4.78 is 11.2. The first-order chi connectivity index (χ1) is 17.5. The van der Waals surface area contributed by atoms with Gasteiger partial charge in [-0.3, -0.25) is 0 Å². The number of ether oxygens (including phenoxy) is 2. The molecular weight excluding hydrogens is 496 g/mol. The molecule has 0 fully saturated rings. The van der Waals surface area contributed by atoms with Gasteiger partial charge in [-0.05, 0) is 61.9 Å². The summed E-state index contributed by atoms with van der Waals surface area (Å²) >= 11 is 7.37. The van der Waals surface area contributed by atoms with Crippen LogP contribution in [0.15, 0.2) is 58.1 Å². The number of carbonyl (C=O) groups is 1. The third-order valence-electron chi connectivity index (χ3n) is 6.17. The molecule has 36 heavy (non-hydrogen) atoms. The molecule has 0 saturated carbocycles. The minimum absolute atomic E-state index is 0.0727. The number of benzene rings is 1. The summed E-state index contributed by atoms with van der Waals surface area (Å²) in [5.74, 6) is -0.986. The van der Waals surface area contributed by atoms with Gasteiger partial charge in [-0.15, -0.1) is 0 Å². The second-order valence-electron chi connectivity index (χ2n) is 8.44. The number of thioether (sulfide) groups is 1. The number of halogens is 1. The lowest BCUT2D eigenvalue weighted by Crippen LogP contribution is -2.27. The number of pyridine rings is 1. The van der Waals surface area contributed by atoms with Crippen LogP contribution >= 0.6 is 23.4 Å². The predicted molar refractivity (Wildman–Crippen MR) is 137 cm³/mol. The molecule has 2 aliphatic rings. The van der Waals surface area contributed by atoms with E-state index < -0.39 is 11.9 Å². The zero-order valence-electron chi connectivity index (χ0n) is 19.8. The van der Waals surface area contributed by atoms with E-state index in [1.807, 2.05) is 6.07 Å². The fourth-order valence-corrected chi connectivity index (χ4v) is 5.50. The van der Waals surface area contributed by atoms with Crippen molar-refractivity contribution in [1.82, 2.24) is 4.98 Å². The molecule has 9 heteroatoms. The highest BCUT2D eigenvalue weighted by molar-refractivity contribution is 7.99. The van der Waals surface area contributed by atoms with Gasteiger partial charge >= 0.3 is 5.97 Å². The Morgan fingerprint density at radius 1 is 1.22 bits per heavy atom. The first-order valence-electron chi connectivity index (χ1n) is 11.8. The number of allylic oxidation sites excluding steroid dienone is 1. The largest absolute Gasteiger partial charge is 0.463 e. The average molecular weight is 521 g/mol. The normalized spacial score (nSPS) is 17.4. The summed E-state index contributed by atoms with van der Waals surface area (Å²) in [4.78, 5) is 18.0. The van der Waals surface area contributed by atoms with Crippen LogP contribution in [0.3, 0.4) is 0 Å². The molecule has 7 nitrogen and oxygen atoms in total. The standard InChI is InChI=1S/C27H25ClN4O3S/c1-2-34-27(33)24-22(35-25(31)20(14-30)23(24)16-8-10-19(28)11-9-16)15-36-26-18(13-29)12-17-6-4-3-5-7-21(17)32-26/h8-12,23H,2-7,15,31H2,1H3. The van der Waals surface area contributed by atoms with Crippen LogP contribution in [0, 0.1) is 22.7 Å². The molecule has 4 rings (SSSR count). The van der Waals surface area contributed by atoms with Crippen LogP contribution < -0.4 is 5.73 Å². The van der Waals surface area contributed by atoms with Crippen LogP contribution in [0.5, 0.6) is 0 Å². The Morgan fingerprint density at radius 3 is 2.67 bits per heavy atom. The minimum atomic E-state index is -0.772. The van der Waals surface area contributed by atoms with E-state index >= 15 is 0 Å². The SMILES string of the molecule is CCOC(=O)C1=C(CSc2nc3c(cc2C#N)CCCCC3)OC(N)=C(C#N)C1c1ccc(Cl)cc1. The second-order valence-corrected chi connectivity index (χ2v) is 9.84. The zero-order chi connectivity index (χ0) is 25.7. The van der Waals surface area contributed by atoms with Crippen molar-refractivity contribution in [2.75, 3.05) is 12.4 Å². The van der Waals surface area contributed by atoms with Gasteiger partial charge in [-0.25, -0.2) is 9.78 Å². The molecule has 1 aromatic heterocycles. The number of aromatic nitrogens is 1. The number of fused-ring (bicyclic) bond motifs is 1. The van der Waals surface area contributed by atoms with Crippen LogP contribution in [0.4, 0.5) is 0 Å². The Hall–Kier alpha value is -3.46. The highest BCUT2D eigenvalue weighted by atomic mass is 35.5. The van der Waals surface area contributed by atoms with Gasteiger partial charge in [-0.1, -0.05) is 41.9 Å². The van der Waals surface area contributed by atoms with Crippen LogP contribution in [-0.2, 0) is 27.1 Å². The van der Waals surface area contributed by atoms with Gasteiger partial charge in [0.1, 0.15) is 28.5 Å². The summed E-state index contributed by atoms with van der Waals surface area (Å²) in [7, 11) is 0. The first kappa shape index (κ1) is 25.6. The van der Waals surface area contributed by atoms with E-state index in [9.17, 15) is 15.3 Å². The summed E-state index contributed by atoms with van der Waals surface area (Å²) in [5, 5.41) is 20.7. The van der Waals surface area contributed by atoms with Gasteiger partial charge in [0, 0.05) is 10.7 Å². The molecule has 0 bridgehead atoms. The molecule has 0 spiro atoms. The van der Waals surface area contributed by atoms with Gasteiger partial charge < -0.3 is 15.2 Å². The lowest BCUT2D eigenvalue weighted by molar-refractivity contribution is -0.139. The summed E-state index contributed by atoms with van der Waals surface area (Å²) in [6, 6.07) is 13.1. The van der Waals surface area contributed by atoms with Crippen molar-refractivity contribution < 1.29 is 14.3 Å². The third-order valence-corrected chi connectivity index (χ3v) is 7.41. The second kappa shape index (κ2) is 11.5. The maximum absolute atomic E-state index is 13.2. The fraction of sp³-hybridized carbons (Fsp3) is 0.333. The van der Waals surface area contributed by atoms with Crippen molar-refractivity contribution >= 4 is 29.3 Å². The molecule has 1 atom stereocenters. The van der Waals surface area contributed by atoms with E-state index in [4.69, 9.17) is 31.8 Å². The maximum atomic E-state index is 13.2. The van der Waals surface area contributed by atoms with Crippen LogP contribution in [0.25, 0.3) is 0 Å². The molecule has 0 amide bonds. The molecule has 2 aromatic rings. The summed E-state index contributed by atoms with van der Waals surface area (Å²) in [6.07, 6.45) is 5.10. The van der Waals surface area contributed by atoms with E-state index in [2.05, 4.69) is 12.1 Å². The third kappa shape index (κ3) is 5.36. The Balaban J connectivity index is 1.75. The molecule has 2 N–H and O–H groups in total. The molecule has 1 unspecified atom stereocenters.